The lowest BCUT2D eigenvalue weighted by molar-refractivity contribution is -0.132. The van der Waals surface area contributed by atoms with E-state index in [0.717, 1.165) is 56.1 Å². The summed E-state index contributed by atoms with van der Waals surface area (Å²) in [6.07, 6.45) is 2.76. The lowest BCUT2D eigenvalue weighted by Gasteiger charge is -2.43. The Hall–Kier alpha value is -2.73. The molecule has 2 aromatic rings. The van der Waals surface area contributed by atoms with Crippen molar-refractivity contribution in [3.05, 3.63) is 54.1 Å². The van der Waals surface area contributed by atoms with E-state index in [1.807, 2.05) is 42.3 Å². The summed E-state index contributed by atoms with van der Waals surface area (Å²) in [6.45, 7) is 3.36. The first kappa shape index (κ1) is 19.2. The quantitative estimate of drug-likeness (QED) is 0.780. The number of rotatable bonds is 4. The number of carbonyl (C=O) groups excluding carboxylic acids is 1. The number of benzene rings is 2. The second-order valence-electron chi connectivity index (χ2n) is 8.66. The molecule has 0 radical (unpaired) electrons. The molecule has 6 nitrogen and oxygen atoms in total. The summed E-state index contributed by atoms with van der Waals surface area (Å²) in [6, 6.07) is 16.4. The van der Waals surface area contributed by atoms with Gasteiger partial charge in [0.1, 0.15) is 23.1 Å². The number of amides is 1. The molecule has 1 amide bonds. The van der Waals surface area contributed by atoms with Gasteiger partial charge in [-0.1, -0.05) is 18.2 Å². The molecule has 0 saturated carbocycles. The molecular formula is C24H29N3O3. The molecule has 2 saturated heterocycles. The van der Waals surface area contributed by atoms with Crippen molar-refractivity contribution in [1.82, 2.24) is 9.80 Å². The van der Waals surface area contributed by atoms with Crippen LogP contribution in [0, 0.1) is 0 Å². The van der Waals surface area contributed by atoms with Crippen molar-refractivity contribution in [1.29, 1.82) is 0 Å². The lowest BCUT2D eigenvalue weighted by Crippen LogP contribution is -2.57. The van der Waals surface area contributed by atoms with Gasteiger partial charge in [0.25, 0.3) is 0 Å². The van der Waals surface area contributed by atoms with E-state index in [1.54, 1.807) is 7.11 Å². The van der Waals surface area contributed by atoms with Crippen molar-refractivity contribution in [2.75, 3.05) is 45.4 Å². The Bertz CT molecular complexity index is 925. The lowest BCUT2D eigenvalue weighted by atomic mass is 9.85. The Kier molecular flexibility index (Phi) is 4.82. The molecule has 3 heterocycles. The Morgan fingerprint density at radius 3 is 2.63 bits per heavy atom. The third-order valence-electron chi connectivity index (χ3n) is 6.84. The van der Waals surface area contributed by atoms with Gasteiger partial charge in [-0.05, 0) is 43.2 Å². The van der Waals surface area contributed by atoms with Crippen LogP contribution in [0.1, 0.15) is 18.4 Å². The minimum Gasteiger partial charge on any atom is -0.497 e. The molecule has 3 aliphatic heterocycles. The first-order valence-corrected chi connectivity index (χ1v) is 10.7. The molecule has 0 unspecified atom stereocenters. The molecule has 0 aromatic heterocycles. The summed E-state index contributed by atoms with van der Waals surface area (Å²) in [5.41, 5.74) is 1.93. The van der Waals surface area contributed by atoms with Crippen LogP contribution in [-0.4, -0.2) is 67.8 Å². The molecule has 0 bridgehead atoms. The van der Waals surface area contributed by atoms with Crippen LogP contribution < -0.4 is 14.4 Å². The smallest absolute Gasteiger partial charge is 0.249 e. The van der Waals surface area contributed by atoms with Crippen molar-refractivity contribution in [3.8, 4) is 11.5 Å². The maximum absolute atomic E-state index is 13.2. The number of nitrogens with zero attached hydrogens (tertiary/aromatic N) is 3. The van der Waals surface area contributed by atoms with Crippen LogP contribution in [-0.2, 0) is 11.2 Å². The van der Waals surface area contributed by atoms with Crippen LogP contribution in [0.2, 0.25) is 0 Å². The van der Waals surface area contributed by atoms with Crippen LogP contribution in [0.4, 0.5) is 5.69 Å². The normalized spacial score (nSPS) is 23.0. The Balaban J connectivity index is 1.25. The van der Waals surface area contributed by atoms with Crippen molar-refractivity contribution in [2.45, 2.75) is 30.9 Å². The summed E-state index contributed by atoms with van der Waals surface area (Å²) < 4.78 is 11.5. The minimum absolute atomic E-state index is 0.160. The molecule has 5 rings (SSSR count). The summed E-state index contributed by atoms with van der Waals surface area (Å²) in [5, 5.41) is 0. The Morgan fingerprint density at radius 2 is 1.90 bits per heavy atom. The second kappa shape index (κ2) is 7.51. The average molecular weight is 408 g/mol. The van der Waals surface area contributed by atoms with Gasteiger partial charge in [-0.25, -0.2) is 0 Å². The van der Waals surface area contributed by atoms with E-state index < -0.39 is 5.54 Å². The first-order valence-electron chi connectivity index (χ1n) is 10.7. The number of anilines is 1. The molecule has 158 valence electrons. The average Bonchev–Trinajstić information content (AvgIpc) is 3.29. The van der Waals surface area contributed by atoms with Gasteiger partial charge in [0, 0.05) is 44.4 Å². The molecule has 0 aliphatic carbocycles. The number of likely N-dealkylation sites (tertiary alicyclic amines) is 1. The second-order valence-corrected chi connectivity index (χ2v) is 8.66. The van der Waals surface area contributed by atoms with Gasteiger partial charge < -0.3 is 19.3 Å². The van der Waals surface area contributed by atoms with Gasteiger partial charge in [0.05, 0.1) is 13.8 Å². The van der Waals surface area contributed by atoms with Crippen molar-refractivity contribution >= 4 is 11.6 Å². The fourth-order valence-electron chi connectivity index (χ4n) is 5.22. The maximum Gasteiger partial charge on any atom is 0.249 e. The molecule has 3 aliphatic rings. The summed E-state index contributed by atoms with van der Waals surface area (Å²) in [4.78, 5) is 19.8. The molecule has 30 heavy (non-hydrogen) atoms. The van der Waals surface area contributed by atoms with Crippen molar-refractivity contribution < 1.29 is 14.3 Å². The Morgan fingerprint density at radius 1 is 1.13 bits per heavy atom. The number of likely N-dealkylation sites (N-methyl/N-ethyl adjacent to an activating group) is 1. The number of ether oxygens (including phenoxy) is 2. The number of methoxy groups -OCH3 is 1. The zero-order chi connectivity index (χ0) is 20.7. The van der Waals surface area contributed by atoms with Crippen molar-refractivity contribution in [3.63, 3.8) is 0 Å². The molecule has 6 heteroatoms. The van der Waals surface area contributed by atoms with E-state index in [2.05, 4.69) is 28.0 Å². The van der Waals surface area contributed by atoms with Crippen molar-refractivity contribution in [2.24, 2.45) is 0 Å². The van der Waals surface area contributed by atoms with E-state index in [4.69, 9.17) is 9.47 Å². The number of hydrogen-bond donors (Lipinski definition) is 0. The topological polar surface area (TPSA) is 45.2 Å². The number of piperidine rings is 1. The van der Waals surface area contributed by atoms with Gasteiger partial charge in [-0.2, -0.15) is 0 Å². The molecule has 2 fully saturated rings. The van der Waals surface area contributed by atoms with Gasteiger partial charge in [-0.15, -0.1) is 0 Å². The SMILES string of the molecule is COc1ccc2c(c1)C[C@H](CN1CCC3(CC1)C(=O)N(C)CN3c1ccccc1)O2. The van der Waals surface area contributed by atoms with Gasteiger partial charge in [0.15, 0.2) is 0 Å². The minimum atomic E-state index is -0.417. The number of hydrogen-bond acceptors (Lipinski definition) is 5. The molecular weight excluding hydrogens is 378 g/mol. The predicted molar refractivity (Wildman–Crippen MR) is 116 cm³/mol. The zero-order valence-electron chi connectivity index (χ0n) is 17.7. The van der Waals surface area contributed by atoms with E-state index in [9.17, 15) is 4.79 Å². The van der Waals surface area contributed by atoms with E-state index >= 15 is 0 Å². The van der Waals surface area contributed by atoms with E-state index in [-0.39, 0.29) is 12.0 Å². The van der Waals surface area contributed by atoms with Crippen LogP contribution in [0.5, 0.6) is 11.5 Å². The molecule has 2 aromatic carbocycles. The fraction of sp³-hybridized carbons (Fsp3) is 0.458. The predicted octanol–water partition coefficient (Wildman–Crippen LogP) is 2.77. The maximum atomic E-state index is 13.2. The van der Waals surface area contributed by atoms with E-state index in [0.29, 0.717) is 6.67 Å². The highest BCUT2D eigenvalue weighted by atomic mass is 16.5. The highest BCUT2D eigenvalue weighted by molar-refractivity contribution is 5.93. The molecule has 0 N–H and O–H groups in total. The van der Waals surface area contributed by atoms with Crippen LogP contribution >= 0.6 is 0 Å². The van der Waals surface area contributed by atoms with Crippen LogP contribution in [0.15, 0.2) is 48.5 Å². The van der Waals surface area contributed by atoms with Gasteiger partial charge in [-0.3, -0.25) is 9.69 Å². The van der Waals surface area contributed by atoms with Crippen LogP contribution in [0.25, 0.3) is 0 Å². The third kappa shape index (κ3) is 3.19. The van der Waals surface area contributed by atoms with Gasteiger partial charge in [0.2, 0.25) is 5.91 Å². The third-order valence-corrected chi connectivity index (χ3v) is 6.84. The summed E-state index contributed by atoms with van der Waals surface area (Å²) >= 11 is 0. The highest BCUT2D eigenvalue weighted by Gasteiger charge is 2.52. The molecule has 1 atom stereocenters. The van der Waals surface area contributed by atoms with Crippen LogP contribution in [0.3, 0.4) is 0 Å². The molecule has 1 spiro atoms. The summed E-state index contributed by atoms with van der Waals surface area (Å²) in [7, 11) is 3.61. The number of carbonyl (C=O) groups is 1. The van der Waals surface area contributed by atoms with E-state index in [1.165, 1.54) is 5.56 Å². The summed E-state index contributed by atoms with van der Waals surface area (Å²) in [5.74, 6) is 2.10. The first-order chi connectivity index (χ1) is 14.6. The standard InChI is InChI=1S/C24H29N3O3/c1-25-17-27(19-6-4-3-5-7-19)24(23(25)28)10-12-26(13-11-24)16-21-15-18-14-20(29-2)8-9-22(18)30-21/h3-9,14,21H,10-13,15-17H2,1-2H3/t21-/m1/s1. The monoisotopic (exact) mass is 407 g/mol. The Labute approximate surface area is 178 Å². The highest BCUT2D eigenvalue weighted by Crippen LogP contribution is 2.39. The zero-order valence-corrected chi connectivity index (χ0v) is 17.7. The van der Waals surface area contributed by atoms with Gasteiger partial charge >= 0.3 is 0 Å². The number of fused-ring (bicyclic) bond motifs is 1. The largest absolute Gasteiger partial charge is 0.497 e. The fourth-order valence-corrected chi connectivity index (χ4v) is 5.22. The number of para-hydroxylation sites is 1.